The monoisotopic (exact) mass is 439 g/mol. The van der Waals surface area contributed by atoms with Crippen LogP contribution in [0.1, 0.15) is 48.6 Å². The number of nitrogens with zero attached hydrogens (tertiary/aromatic N) is 3. The van der Waals surface area contributed by atoms with Crippen molar-refractivity contribution in [2.75, 3.05) is 18.4 Å². The van der Waals surface area contributed by atoms with Gasteiger partial charge in [0.05, 0.1) is 34.7 Å². The van der Waals surface area contributed by atoms with Crippen LogP contribution in [-0.4, -0.2) is 51.1 Å². The lowest BCUT2D eigenvalue weighted by Crippen LogP contribution is -2.48. The molecule has 168 valence electrons. The predicted molar refractivity (Wildman–Crippen MR) is 119 cm³/mol. The highest BCUT2D eigenvalue weighted by atomic mass is 19.1. The zero-order valence-corrected chi connectivity index (χ0v) is 18.5. The highest BCUT2D eigenvalue weighted by Crippen LogP contribution is 2.23. The molecule has 3 heterocycles. The Balaban J connectivity index is 1.52. The average molecular weight is 439 g/mol. The number of nitrogens with one attached hydrogen (secondary N) is 2. The van der Waals surface area contributed by atoms with Crippen LogP contribution in [0.5, 0.6) is 0 Å². The number of carbonyl (C=O) groups excluding carboxylic acids is 1. The summed E-state index contributed by atoms with van der Waals surface area (Å²) >= 11 is 0. The Labute approximate surface area is 184 Å². The molecule has 2 aromatic heterocycles. The van der Waals surface area contributed by atoms with Crippen LogP contribution < -0.4 is 10.9 Å². The second-order valence-corrected chi connectivity index (χ2v) is 8.32. The van der Waals surface area contributed by atoms with Gasteiger partial charge in [-0.15, -0.1) is 0 Å². The summed E-state index contributed by atoms with van der Waals surface area (Å²) in [6, 6.07) is 6.20. The van der Waals surface area contributed by atoms with Crippen LogP contribution in [0.15, 0.2) is 35.3 Å². The van der Waals surface area contributed by atoms with E-state index in [9.17, 15) is 14.0 Å². The van der Waals surface area contributed by atoms with Gasteiger partial charge in [0, 0.05) is 19.3 Å². The molecule has 9 heteroatoms. The van der Waals surface area contributed by atoms with E-state index < -0.39 is 5.82 Å². The number of H-pyrrole nitrogens is 1. The molecule has 0 aliphatic carbocycles. The minimum atomic E-state index is -0.618. The average Bonchev–Trinajstić information content (AvgIpc) is 2.73. The largest absolute Gasteiger partial charge is 0.372 e. The summed E-state index contributed by atoms with van der Waals surface area (Å²) in [4.78, 5) is 37.8. The fraction of sp³-hybridized carbons (Fsp3) is 0.391. The Morgan fingerprint density at radius 3 is 2.69 bits per heavy atom. The Kier molecular flexibility index (Phi) is 5.92. The highest BCUT2D eigenvalue weighted by Gasteiger charge is 2.27. The zero-order chi connectivity index (χ0) is 23.0. The number of ether oxygens (including phenoxy) is 1. The second kappa shape index (κ2) is 8.66. The van der Waals surface area contributed by atoms with Gasteiger partial charge in [0.15, 0.2) is 11.6 Å². The van der Waals surface area contributed by atoms with Crippen molar-refractivity contribution in [1.82, 2.24) is 19.9 Å². The van der Waals surface area contributed by atoms with Crippen LogP contribution in [0.2, 0.25) is 0 Å². The standard InChI is InChI=1S/C23H26FN5O3/c1-12-10-29(11-13(2)32-12)23(31)17-8-19(24)21(25-9-17)26-14(3)16-5-6-20-18(7-16)22(30)28-15(4)27-20/h5-9,12-14H,10-11H2,1-4H3,(H,25,26)(H,27,28,30)/t12-,13+,14?. The van der Waals surface area contributed by atoms with Gasteiger partial charge in [0.2, 0.25) is 0 Å². The van der Waals surface area contributed by atoms with E-state index in [1.165, 1.54) is 12.3 Å². The van der Waals surface area contributed by atoms with Crippen LogP contribution >= 0.6 is 0 Å². The first-order chi connectivity index (χ1) is 15.2. The van der Waals surface area contributed by atoms with Gasteiger partial charge in [0.25, 0.3) is 11.5 Å². The molecule has 1 aliphatic heterocycles. The van der Waals surface area contributed by atoms with Gasteiger partial charge in [0.1, 0.15) is 5.82 Å². The third-order valence-electron chi connectivity index (χ3n) is 5.50. The smallest absolute Gasteiger partial charge is 0.258 e. The molecule has 8 nitrogen and oxygen atoms in total. The number of hydrogen-bond donors (Lipinski definition) is 2. The van der Waals surface area contributed by atoms with Crippen molar-refractivity contribution >= 4 is 22.6 Å². The van der Waals surface area contributed by atoms with E-state index in [0.717, 1.165) is 5.56 Å². The second-order valence-electron chi connectivity index (χ2n) is 8.32. The lowest BCUT2D eigenvalue weighted by Gasteiger charge is -2.35. The van der Waals surface area contributed by atoms with Gasteiger partial charge in [-0.1, -0.05) is 6.07 Å². The first kappa shape index (κ1) is 21.9. The summed E-state index contributed by atoms with van der Waals surface area (Å²) in [7, 11) is 0. The van der Waals surface area contributed by atoms with Crippen LogP contribution in [0.25, 0.3) is 10.9 Å². The molecule has 1 aromatic carbocycles. The number of hydrogen-bond acceptors (Lipinski definition) is 6. The SMILES string of the molecule is Cc1nc2ccc(C(C)Nc3ncc(C(=O)N4C[C@@H](C)O[C@@H](C)C4)cc3F)cc2c(=O)[nH]1. The molecule has 1 saturated heterocycles. The van der Waals surface area contributed by atoms with E-state index in [1.54, 1.807) is 24.0 Å². The van der Waals surface area contributed by atoms with Crippen molar-refractivity contribution in [1.29, 1.82) is 0 Å². The van der Waals surface area contributed by atoms with Gasteiger partial charge in [-0.05, 0) is 51.5 Å². The fourth-order valence-corrected chi connectivity index (χ4v) is 4.02. The maximum Gasteiger partial charge on any atom is 0.258 e. The summed E-state index contributed by atoms with van der Waals surface area (Å²) in [6.07, 6.45) is 1.23. The van der Waals surface area contributed by atoms with Gasteiger partial charge in [-0.2, -0.15) is 0 Å². The number of halogens is 1. The normalized spacial score (nSPS) is 19.7. The van der Waals surface area contributed by atoms with Crippen LogP contribution in [0, 0.1) is 12.7 Å². The first-order valence-electron chi connectivity index (χ1n) is 10.6. The predicted octanol–water partition coefficient (Wildman–Crippen LogP) is 3.19. The van der Waals surface area contributed by atoms with E-state index in [1.807, 2.05) is 26.8 Å². The third kappa shape index (κ3) is 4.47. The Hall–Kier alpha value is -3.33. The van der Waals surface area contributed by atoms with Gasteiger partial charge >= 0.3 is 0 Å². The van der Waals surface area contributed by atoms with E-state index in [-0.39, 0.29) is 41.1 Å². The number of fused-ring (bicyclic) bond motifs is 1. The molecule has 1 unspecified atom stereocenters. The number of rotatable bonds is 4. The summed E-state index contributed by atoms with van der Waals surface area (Å²) in [6.45, 7) is 8.28. The van der Waals surface area contributed by atoms with Crippen molar-refractivity contribution < 1.29 is 13.9 Å². The van der Waals surface area contributed by atoms with Crippen LogP contribution in [0.3, 0.4) is 0 Å². The van der Waals surface area contributed by atoms with Crippen LogP contribution in [-0.2, 0) is 4.74 Å². The topological polar surface area (TPSA) is 100 Å². The number of aryl methyl sites for hydroxylation is 1. The molecule has 1 amide bonds. The summed E-state index contributed by atoms with van der Waals surface area (Å²) in [5.41, 5.74) is 1.36. The number of anilines is 1. The lowest BCUT2D eigenvalue weighted by atomic mass is 10.1. The molecule has 0 saturated carbocycles. The van der Waals surface area contributed by atoms with Crippen molar-refractivity contribution in [3.63, 3.8) is 0 Å². The van der Waals surface area contributed by atoms with Crippen molar-refractivity contribution in [2.24, 2.45) is 0 Å². The first-order valence-corrected chi connectivity index (χ1v) is 10.6. The third-order valence-corrected chi connectivity index (χ3v) is 5.50. The number of benzene rings is 1. The maximum absolute atomic E-state index is 14.8. The molecule has 1 fully saturated rings. The lowest BCUT2D eigenvalue weighted by molar-refractivity contribution is -0.0586. The number of aromatic nitrogens is 3. The fourth-order valence-electron chi connectivity index (χ4n) is 4.02. The number of aromatic amines is 1. The van der Waals surface area contributed by atoms with Crippen LogP contribution in [0.4, 0.5) is 10.2 Å². The summed E-state index contributed by atoms with van der Waals surface area (Å²) in [5, 5.41) is 3.48. The summed E-state index contributed by atoms with van der Waals surface area (Å²) < 4.78 is 20.4. The zero-order valence-electron chi connectivity index (χ0n) is 18.5. The quantitative estimate of drug-likeness (QED) is 0.648. The van der Waals surface area contributed by atoms with E-state index in [4.69, 9.17) is 4.74 Å². The molecule has 0 spiro atoms. The highest BCUT2D eigenvalue weighted by molar-refractivity contribution is 5.94. The molecule has 0 bridgehead atoms. The van der Waals surface area contributed by atoms with Gasteiger partial charge in [-0.3, -0.25) is 9.59 Å². The molecule has 0 radical (unpaired) electrons. The van der Waals surface area contributed by atoms with Crippen molar-refractivity contribution in [2.45, 2.75) is 45.9 Å². The molecule has 2 N–H and O–H groups in total. The minimum Gasteiger partial charge on any atom is -0.372 e. The number of morpholine rings is 1. The molecule has 4 rings (SSSR count). The molecule has 32 heavy (non-hydrogen) atoms. The molecule has 1 aliphatic rings. The Morgan fingerprint density at radius 2 is 2.00 bits per heavy atom. The van der Waals surface area contributed by atoms with Gasteiger partial charge < -0.3 is 19.9 Å². The summed E-state index contributed by atoms with van der Waals surface area (Å²) in [5.74, 6) is -0.306. The minimum absolute atomic E-state index is 0.0359. The Bertz CT molecular complexity index is 1220. The van der Waals surface area contributed by atoms with E-state index >= 15 is 0 Å². The maximum atomic E-state index is 14.8. The molecular formula is C23H26FN5O3. The van der Waals surface area contributed by atoms with E-state index in [2.05, 4.69) is 20.3 Å². The Morgan fingerprint density at radius 1 is 1.28 bits per heavy atom. The van der Waals surface area contributed by atoms with Crippen molar-refractivity contribution in [3.05, 3.63) is 63.6 Å². The van der Waals surface area contributed by atoms with Crippen molar-refractivity contribution in [3.8, 4) is 0 Å². The molecular weight excluding hydrogens is 413 g/mol. The number of pyridine rings is 1. The van der Waals surface area contributed by atoms with E-state index in [0.29, 0.717) is 29.8 Å². The number of carbonyl (C=O) groups is 1. The van der Waals surface area contributed by atoms with Gasteiger partial charge in [-0.25, -0.2) is 14.4 Å². The molecule has 3 atom stereocenters. The number of amides is 1. The molecule has 3 aromatic rings.